The molecule has 0 fully saturated rings. The molecule has 23 heavy (non-hydrogen) atoms. The summed E-state index contributed by atoms with van der Waals surface area (Å²) in [6.07, 6.45) is -0.562. The molecule has 0 saturated carbocycles. The Bertz CT molecular complexity index is 750. The van der Waals surface area contributed by atoms with Crippen molar-refractivity contribution in [1.29, 1.82) is 0 Å². The largest absolute Gasteiger partial charge is 0.494 e. The van der Waals surface area contributed by atoms with Crippen LogP contribution in [0.15, 0.2) is 53.4 Å². The second kappa shape index (κ2) is 7.54. The fraction of sp³-hybridized carbons (Fsp3) is 0.250. The molecule has 0 aliphatic carbocycles. The lowest BCUT2D eigenvalue weighted by molar-refractivity contribution is 0.169. The summed E-state index contributed by atoms with van der Waals surface area (Å²) >= 11 is 0. The van der Waals surface area contributed by atoms with E-state index in [0.717, 1.165) is 6.07 Å². The van der Waals surface area contributed by atoms with Crippen LogP contribution < -0.4 is 9.46 Å². The molecule has 0 heterocycles. The van der Waals surface area contributed by atoms with E-state index in [1.54, 1.807) is 24.3 Å². The molecule has 0 aliphatic heterocycles. The Morgan fingerprint density at radius 3 is 2.52 bits per heavy atom. The van der Waals surface area contributed by atoms with Crippen LogP contribution in [0.1, 0.15) is 18.1 Å². The minimum absolute atomic E-state index is 0.0246. The maximum Gasteiger partial charge on any atom is 0.240 e. The van der Waals surface area contributed by atoms with E-state index in [1.165, 1.54) is 19.2 Å². The first kappa shape index (κ1) is 17.4. The molecule has 2 rings (SSSR count). The lowest BCUT2D eigenvalue weighted by atomic mass is 10.1. The van der Waals surface area contributed by atoms with Crippen molar-refractivity contribution in [2.24, 2.45) is 0 Å². The monoisotopic (exact) mass is 339 g/mol. The van der Waals surface area contributed by atoms with Gasteiger partial charge in [0.25, 0.3) is 0 Å². The van der Waals surface area contributed by atoms with Crippen molar-refractivity contribution < 1.29 is 22.7 Å². The number of hydrogen-bond donors (Lipinski definition) is 2. The topological polar surface area (TPSA) is 75.6 Å². The Kier molecular flexibility index (Phi) is 5.70. The zero-order valence-corrected chi connectivity index (χ0v) is 13.4. The van der Waals surface area contributed by atoms with Crippen molar-refractivity contribution in [1.82, 2.24) is 4.72 Å². The summed E-state index contributed by atoms with van der Waals surface area (Å²) < 4.78 is 44.9. The Morgan fingerprint density at radius 1 is 1.22 bits per heavy atom. The van der Waals surface area contributed by atoms with Crippen LogP contribution in [0, 0.1) is 5.82 Å². The highest BCUT2D eigenvalue weighted by atomic mass is 32.2. The Hall–Kier alpha value is -1.96. The molecular formula is C16H18FNO4S. The Labute approximate surface area is 134 Å². The molecule has 0 radical (unpaired) electrons. The molecule has 0 spiro atoms. The minimum atomic E-state index is -3.84. The first-order valence-electron chi connectivity index (χ1n) is 7.00. The van der Waals surface area contributed by atoms with Crippen LogP contribution in [0.2, 0.25) is 0 Å². The van der Waals surface area contributed by atoms with E-state index in [0.29, 0.717) is 5.56 Å². The van der Waals surface area contributed by atoms with Crippen LogP contribution in [0.5, 0.6) is 5.75 Å². The van der Waals surface area contributed by atoms with E-state index in [4.69, 9.17) is 4.74 Å². The van der Waals surface area contributed by atoms with E-state index in [-0.39, 0.29) is 23.6 Å². The normalized spacial score (nSPS) is 12.8. The van der Waals surface area contributed by atoms with Crippen LogP contribution in [0.25, 0.3) is 0 Å². The smallest absolute Gasteiger partial charge is 0.240 e. The lowest BCUT2D eigenvalue weighted by Crippen LogP contribution is -2.26. The number of rotatable bonds is 7. The van der Waals surface area contributed by atoms with Gasteiger partial charge in [-0.05, 0) is 30.2 Å². The second-order valence-corrected chi connectivity index (χ2v) is 6.68. The standard InChI is InChI=1S/C16H18FNO4S/c1-22-16-8-7-13(11-14(16)17)23(20,21)18-10-9-15(19)12-5-3-2-4-6-12/h2-8,11,15,18-19H,9-10H2,1H3/t15-/m1/s1. The summed E-state index contributed by atoms with van der Waals surface area (Å²) in [7, 11) is -2.54. The van der Waals surface area contributed by atoms with Crippen LogP contribution in [0.3, 0.4) is 0 Å². The van der Waals surface area contributed by atoms with Gasteiger partial charge in [-0.25, -0.2) is 17.5 Å². The first-order chi connectivity index (χ1) is 10.9. The molecule has 2 aromatic carbocycles. The third-order valence-corrected chi connectivity index (χ3v) is 4.79. The average molecular weight is 339 g/mol. The highest BCUT2D eigenvalue weighted by Gasteiger charge is 2.17. The fourth-order valence-corrected chi connectivity index (χ4v) is 3.13. The van der Waals surface area contributed by atoms with Crippen molar-refractivity contribution in [3.8, 4) is 5.75 Å². The van der Waals surface area contributed by atoms with Crippen LogP contribution >= 0.6 is 0 Å². The Morgan fingerprint density at radius 2 is 1.91 bits per heavy atom. The maximum atomic E-state index is 13.6. The van der Waals surface area contributed by atoms with Crippen molar-refractivity contribution in [2.75, 3.05) is 13.7 Å². The van der Waals surface area contributed by atoms with Crippen LogP contribution in [0.4, 0.5) is 4.39 Å². The van der Waals surface area contributed by atoms with Gasteiger partial charge in [0.05, 0.1) is 18.1 Å². The quantitative estimate of drug-likeness (QED) is 0.811. The first-order valence-corrected chi connectivity index (χ1v) is 8.48. The molecule has 0 amide bonds. The fourth-order valence-electron chi connectivity index (χ4n) is 2.07. The molecule has 0 bridgehead atoms. The van der Waals surface area contributed by atoms with Crippen LogP contribution in [-0.4, -0.2) is 27.2 Å². The third kappa shape index (κ3) is 4.51. The molecule has 2 N–H and O–H groups in total. The highest BCUT2D eigenvalue weighted by molar-refractivity contribution is 7.89. The van der Waals surface area contributed by atoms with E-state index in [1.807, 2.05) is 6.07 Å². The molecule has 0 saturated heterocycles. The summed E-state index contributed by atoms with van der Waals surface area (Å²) in [5.41, 5.74) is 0.710. The van der Waals surface area contributed by atoms with E-state index in [9.17, 15) is 17.9 Å². The molecule has 0 aromatic heterocycles. The molecule has 0 aliphatic rings. The number of nitrogens with one attached hydrogen (secondary N) is 1. The number of ether oxygens (including phenoxy) is 1. The van der Waals surface area contributed by atoms with Gasteiger partial charge in [0, 0.05) is 6.54 Å². The highest BCUT2D eigenvalue weighted by Crippen LogP contribution is 2.21. The number of halogens is 1. The molecular weight excluding hydrogens is 321 g/mol. The molecule has 7 heteroatoms. The number of aliphatic hydroxyl groups is 1. The van der Waals surface area contributed by atoms with Gasteiger partial charge in [0.1, 0.15) is 0 Å². The average Bonchev–Trinajstić information content (AvgIpc) is 2.55. The van der Waals surface area contributed by atoms with E-state index >= 15 is 0 Å². The van der Waals surface area contributed by atoms with Crippen molar-refractivity contribution >= 4 is 10.0 Å². The van der Waals surface area contributed by atoms with Crippen molar-refractivity contribution in [3.05, 3.63) is 59.9 Å². The zero-order chi connectivity index (χ0) is 16.9. The third-order valence-electron chi connectivity index (χ3n) is 3.33. The van der Waals surface area contributed by atoms with Gasteiger partial charge in [0.2, 0.25) is 10.0 Å². The van der Waals surface area contributed by atoms with Gasteiger partial charge < -0.3 is 9.84 Å². The minimum Gasteiger partial charge on any atom is -0.494 e. The molecule has 124 valence electrons. The molecule has 1 atom stereocenters. The van der Waals surface area contributed by atoms with Crippen molar-refractivity contribution in [3.63, 3.8) is 0 Å². The van der Waals surface area contributed by atoms with Gasteiger partial charge in [-0.3, -0.25) is 0 Å². The van der Waals surface area contributed by atoms with Crippen molar-refractivity contribution in [2.45, 2.75) is 17.4 Å². The number of hydrogen-bond acceptors (Lipinski definition) is 4. The number of methoxy groups -OCH3 is 1. The summed E-state index contributed by atoms with van der Waals surface area (Å²) in [5, 5.41) is 9.99. The summed E-state index contributed by atoms with van der Waals surface area (Å²) in [6.45, 7) is 0.0338. The predicted molar refractivity (Wildman–Crippen MR) is 84.2 cm³/mol. The summed E-state index contributed by atoms with van der Waals surface area (Å²) in [5.74, 6) is -0.775. The van der Waals surface area contributed by atoms with Gasteiger partial charge >= 0.3 is 0 Å². The molecule has 0 unspecified atom stereocenters. The van der Waals surface area contributed by atoms with Gasteiger partial charge in [-0.15, -0.1) is 0 Å². The maximum absolute atomic E-state index is 13.6. The van der Waals surface area contributed by atoms with Gasteiger partial charge in [-0.1, -0.05) is 30.3 Å². The number of benzene rings is 2. The Balaban J connectivity index is 1.98. The number of sulfonamides is 1. The molecule has 2 aromatic rings. The SMILES string of the molecule is COc1ccc(S(=O)(=O)NCC[C@@H](O)c2ccccc2)cc1F. The van der Waals surface area contributed by atoms with Crippen LogP contribution in [-0.2, 0) is 10.0 Å². The number of aliphatic hydroxyl groups excluding tert-OH is 1. The van der Waals surface area contributed by atoms with E-state index < -0.39 is 21.9 Å². The van der Waals surface area contributed by atoms with E-state index in [2.05, 4.69) is 4.72 Å². The molecule has 5 nitrogen and oxygen atoms in total. The summed E-state index contributed by atoms with van der Waals surface area (Å²) in [4.78, 5) is -0.190. The second-order valence-electron chi connectivity index (χ2n) is 4.91. The van der Waals surface area contributed by atoms with Gasteiger partial charge in [0.15, 0.2) is 11.6 Å². The predicted octanol–water partition coefficient (Wildman–Crippen LogP) is 2.24. The zero-order valence-electron chi connectivity index (χ0n) is 12.6. The lowest BCUT2D eigenvalue weighted by Gasteiger charge is -2.12. The summed E-state index contributed by atoms with van der Waals surface area (Å²) in [6, 6.07) is 12.4. The van der Waals surface area contributed by atoms with Gasteiger partial charge in [-0.2, -0.15) is 0 Å².